The molecule has 0 unspecified atom stereocenters. The fourth-order valence-corrected chi connectivity index (χ4v) is 3.29. The van der Waals surface area contributed by atoms with Crippen molar-refractivity contribution in [2.24, 2.45) is 5.92 Å². The van der Waals surface area contributed by atoms with Gasteiger partial charge in [-0.15, -0.1) is 0 Å². The van der Waals surface area contributed by atoms with Gasteiger partial charge in [-0.25, -0.2) is 4.39 Å². The van der Waals surface area contributed by atoms with Crippen LogP contribution in [-0.4, -0.2) is 0 Å². The van der Waals surface area contributed by atoms with Crippen molar-refractivity contribution in [3.8, 4) is 0 Å². The average molecular weight is 302 g/mol. The molecule has 1 saturated carbocycles. The molecule has 21 heavy (non-hydrogen) atoms. The van der Waals surface area contributed by atoms with E-state index in [0.29, 0.717) is 0 Å². The minimum Gasteiger partial charge on any atom is -0.206 e. The molecule has 1 aliphatic rings. The van der Waals surface area contributed by atoms with Crippen LogP contribution in [0.4, 0.5) is 17.6 Å². The number of benzene rings is 1. The summed E-state index contributed by atoms with van der Waals surface area (Å²) in [5.74, 6) is -0.201. The van der Waals surface area contributed by atoms with Gasteiger partial charge in [0.2, 0.25) is 0 Å². The average Bonchev–Trinajstić information content (AvgIpc) is 2.44. The first-order valence-electron chi connectivity index (χ1n) is 7.78. The van der Waals surface area contributed by atoms with Crippen molar-refractivity contribution >= 4 is 0 Å². The molecule has 0 amide bonds. The van der Waals surface area contributed by atoms with Crippen molar-refractivity contribution in [3.63, 3.8) is 0 Å². The monoisotopic (exact) mass is 302 g/mol. The highest BCUT2D eigenvalue weighted by molar-refractivity contribution is 5.29. The summed E-state index contributed by atoms with van der Waals surface area (Å²) in [5, 5.41) is 0. The van der Waals surface area contributed by atoms with E-state index >= 15 is 0 Å². The molecule has 0 aliphatic heterocycles. The second-order valence-electron chi connectivity index (χ2n) is 6.10. The summed E-state index contributed by atoms with van der Waals surface area (Å²) in [7, 11) is 0. The molecule has 0 radical (unpaired) electrons. The van der Waals surface area contributed by atoms with Crippen LogP contribution in [0.2, 0.25) is 0 Å². The van der Waals surface area contributed by atoms with Crippen molar-refractivity contribution in [3.05, 3.63) is 35.1 Å². The fourth-order valence-electron chi connectivity index (χ4n) is 3.29. The molecule has 0 bridgehead atoms. The van der Waals surface area contributed by atoms with Crippen molar-refractivity contribution in [2.45, 2.75) is 64.0 Å². The minimum absolute atomic E-state index is 0.208. The number of unbranched alkanes of at least 4 members (excludes halogenated alkanes) is 1. The molecule has 0 saturated heterocycles. The summed E-state index contributed by atoms with van der Waals surface area (Å²) in [4.78, 5) is 0. The summed E-state index contributed by atoms with van der Waals surface area (Å²) in [6.45, 7) is 2.18. The van der Waals surface area contributed by atoms with Crippen LogP contribution in [0.15, 0.2) is 18.2 Å². The zero-order chi connectivity index (χ0) is 15.5. The molecule has 4 heteroatoms. The topological polar surface area (TPSA) is 0 Å². The molecule has 0 atom stereocenters. The zero-order valence-corrected chi connectivity index (χ0v) is 12.3. The summed E-state index contributed by atoms with van der Waals surface area (Å²) in [5.41, 5.74) is -0.447. The Labute approximate surface area is 123 Å². The lowest BCUT2D eigenvalue weighted by molar-refractivity contribution is -0.140. The Hall–Kier alpha value is -1.06. The lowest BCUT2D eigenvalue weighted by atomic mass is 9.77. The van der Waals surface area contributed by atoms with Crippen molar-refractivity contribution in [1.82, 2.24) is 0 Å². The molecular formula is C17H22F4. The highest BCUT2D eigenvalue weighted by Gasteiger charge is 2.34. The first-order valence-corrected chi connectivity index (χ1v) is 7.78. The van der Waals surface area contributed by atoms with E-state index < -0.39 is 17.6 Å². The smallest absolute Gasteiger partial charge is 0.206 e. The number of rotatable bonds is 4. The molecule has 0 spiro atoms. The van der Waals surface area contributed by atoms with Crippen LogP contribution in [0.5, 0.6) is 0 Å². The maximum atomic E-state index is 13.6. The van der Waals surface area contributed by atoms with Gasteiger partial charge in [-0.2, -0.15) is 13.2 Å². The summed E-state index contributed by atoms with van der Waals surface area (Å²) in [6, 6.07) is 3.41. The maximum Gasteiger partial charge on any atom is 0.419 e. The van der Waals surface area contributed by atoms with Gasteiger partial charge in [-0.1, -0.05) is 32.3 Å². The Kier molecular flexibility index (Phi) is 5.28. The molecule has 118 valence electrons. The van der Waals surface area contributed by atoms with Gasteiger partial charge in [-0.05, 0) is 55.2 Å². The molecule has 0 N–H and O–H groups in total. The van der Waals surface area contributed by atoms with E-state index in [1.54, 1.807) is 0 Å². The zero-order valence-electron chi connectivity index (χ0n) is 12.3. The van der Waals surface area contributed by atoms with E-state index in [1.165, 1.54) is 25.3 Å². The lowest BCUT2D eigenvalue weighted by Gasteiger charge is -2.29. The molecule has 2 rings (SSSR count). The van der Waals surface area contributed by atoms with Gasteiger partial charge < -0.3 is 0 Å². The van der Waals surface area contributed by atoms with Crippen LogP contribution in [-0.2, 0) is 6.18 Å². The van der Waals surface area contributed by atoms with Crippen molar-refractivity contribution in [1.29, 1.82) is 0 Å². The van der Waals surface area contributed by atoms with Crippen molar-refractivity contribution in [2.75, 3.05) is 0 Å². The van der Waals surface area contributed by atoms with Crippen LogP contribution in [0.3, 0.4) is 0 Å². The highest BCUT2D eigenvalue weighted by Crippen LogP contribution is 2.39. The van der Waals surface area contributed by atoms with Gasteiger partial charge in [0.1, 0.15) is 5.82 Å². The number of hydrogen-bond donors (Lipinski definition) is 0. The lowest BCUT2D eigenvalue weighted by Crippen LogP contribution is -2.14. The highest BCUT2D eigenvalue weighted by atomic mass is 19.4. The second-order valence-corrected chi connectivity index (χ2v) is 6.10. The Morgan fingerprint density at radius 1 is 1.10 bits per heavy atom. The van der Waals surface area contributed by atoms with Crippen LogP contribution >= 0.6 is 0 Å². The standard InChI is InChI=1S/C17H22F4/c1-2-3-4-12-5-7-13(8-6-12)14-9-10-15(16(18)11-14)17(19,20)21/h9-13H,2-8H2,1H3. The van der Waals surface area contributed by atoms with E-state index in [4.69, 9.17) is 0 Å². The first-order chi connectivity index (χ1) is 9.91. The van der Waals surface area contributed by atoms with E-state index in [-0.39, 0.29) is 5.92 Å². The summed E-state index contributed by atoms with van der Waals surface area (Å²) >= 11 is 0. The number of halogens is 4. The molecule has 1 aromatic rings. The second kappa shape index (κ2) is 6.80. The third-order valence-electron chi connectivity index (χ3n) is 4.58. The van der Waals surface area contributed by atoms with Gasteiger partial charge in [0.15, 0.2) is 0 Å². The van der Waals surface area contributed by atoms with Gasteiger partial charge >= 0.3 is 6.18 Å². The molecule has 1 fully saturated rings. The van der Waals surface area contributed by atoms with Crippen LogP contribution in [0.25, 0.3) is 0 Å². The van der Waals surface area contributed by atoms with E-state index in [1.807, 2.05) is 0 Å². The molecule has 1 aliphatic carbocycles. The molecule has 0 heterocycles. The van der Waals surface area contributed by atoms with E-state index in [2.05, 4.69) is 6.92 Å². The largest absolute Gasteiger partial charge is 0.419 e. The van der Waals surface area contributed by atoms with Gasteiger partial charge in [0.05, 0.1) is 5.56 Å². The van der Waals surface area contributed by atoms with E-state index in [0.717, 1.165) is 49.3 Å². The number of hydrogen-bond acceptors (Lipinski definition) is 0. The Morgan fingerprint density at radius 3 is 2.29 bits per heavy atom. The summed E-state index contributed by atoms with van der Waals surface area (Å²) in [6.07, 6.45) is 3.19. The van der Waals surface area contributed by atoms with Crippen LogP contribution in [0.1, 0.15) is 68.9 Å². The first kappa shape index (κ1) is 16.3. The predicted molar refractivity (Wildman–Crippen MR) is 75.6 cm³/mol. The fraction of sp³-hybridized carbons (Fsp3) is 0.647. The van der Waals surface area contributed by atoms with Crippen LogP contribution < -0.4 is 0 Å². The molecule has 1 aromatic carbocycles. The molecular weight excluding hydrogens is 280 g/mol. The third-order valence-corrected chi connectivity index (χ3v) is 4.58. The molecule has 0 nitrogen and oxygen atoms in total. The maximum absolute atomic E-state index is 13.6. The Bertz CT molecular complexity index is 456. The van der Waals surface area contributed by atoms with Crippen LogP contribution in [0, 0.1) is 11.7 Å². The van der Waals surface area contributed by atoms with Gasteiger partial charge in [-0.3, -0.25) is 0 Å². The normalized spacial score (nSPS) is 23.3. The Morgan fingerprint density at radius 2 is 1.76 bits per heavy atom. The summed E-state index contributed by atoms with van der Waals surface area (Å²) < 4.78 is 51.3. The SMILES string of the molecule is CCCCC1CCC(c2ccc(C(F)(F)F)c(F)c2)CC1. The molecule has 0 aromatic heterocycles. The predicted octanol–water partition coefficient (Wildman–Crippen LogP) is 6.31. The van der Waals surface area contributed by atoms with Crippen molar-refractivity contribution < 1.29 is 17.6 Å². The van der Waals surface area contributed by atoms with Gasteiger partial charge in [0, 0.05) is 0 Å². The quantitative estimate of drug-likeness (QED) is 0.572. The Balaban J connectivity index is 1.99. The minimum atomic E-state index is -4.61. The van der Waals surface area contributed by atoms with Gasteiger partial charge in [0.25, 0.3) is 0 Å². The third kappa shape index (κ3) is 4.21. The number of alkyl halides is 3. The van der Waals surface area contributed by atoms with E-state index in [9.17, 15) is 17.6 Å².